The molecule has 0 spiro atoms. The lowest BCUT2D eigenvalue weighted by Gasteiger charge is -2.11. The summed E-state index contributed by atoms with van der Waals surface area (Å²) in [6.07, 6.45) is 2.98. The number of amides is 3. The highest BCUT2D eigenvalue weighted by molar-refractivity contribution is 6.40. The minimum absolute atomic E-state index is 0.0147. The maximum absolute atomic E-state index is 12.5. The van der Waals surface area contributed by atoms with Crippen molar-refractivity contribution in [3.63, 3.8) is 0 Å². The van der Waals surface area contributed by atoms with E-state index in [1.165, 1.54) is 24.5 Å². The van der Waals surface area contributed by atoms with E-state index in [9.17, 15) is 9.59 Å². The highest BCUT2D eigenvalue weighted by atomic mass is 35.5. The molecule has 4 rings (SSSR count). The van der Waals surface area contributed by atoms with Crippen LogP contribution in [0.1, 0.15) is 10.4 Å². The van der Waals surface area contributed by atoms with Crippen LogP contribution >= 0.6 is 23.2 Å². The van der Waals surface area contributed by atoms with Crippen molar-refractivity contribution in [2.24, 2.45) is 0 Å². The monoisotopic (exact) mass is 462 g/mol. The third-order valence-corrected chi connectivity index (χ3v) is 5.22. The van der Waals surface area contributed by atoms with Gasteiger partial charge in [-0.2, -0.15) is 0 Å². The average molecular weight is 463 g/mol. The highest BCUT2D eigenvalue weighted by Gasteiger charge is 2.18. The fraction of sp³-hybridized carbons (Fsp3) is 0. The summed E-state index contributed by atoms with van der Waals surface area (Å²) in [6, 6.07) is 21.5. The van der Waals surface area contributed by atoms with Crippen LogP contribution < -0.4 is 10.6 Å². The van der Waals surface area contributed by atoms with Gasteiger partial charge in [-0.05, 0) is 29.3 Å². The number of hydrogen-bond donors (Lipinski definition) is 2. The van der Waals surface area contributed by atoms with Gasteiger partial charge in [-0.1, -0.05) is 77.8 Å². The summed E-state index contributed by atoms with van der Waals surface area (Å²) in [5.74, 6) is -0.525. The fourth-order valence-corrected chi connectivity index (χ4v) is 3.71. The molecule has 2 N–H and O–H groups in total. The van der Waals surface area contributed by atoms with Gasteiger partial charge >= 0.3 is 6.03 Å². The first kappa shape index (κ1) is 21.5. The lowest BCUT2D eigenvalue weighted by atomic mass is 10.0. The van der Waals surface area contributed by atoms with E-state index in [4.69, 9.17) is 23.2 Å². The van der Waals surface area contributed by atoms with Crippen molar-refractivity contribution in [3.05, 3.63) is 101 Å². The van der Waals surface area contributed by atoms with Gasteiger partial charge in [0.05, 0.1) is 15.6 Å². The summed E-state index contributed by atoms with van der Waals surface area (Å²) < 4.78 is 0. The Morgan fingerprint density at radius 2 is 1.34 bits per heavy atom. The molecule has 158 valence electrons. The number of carbonyl (C=O) groups excluding carboxylic acids is 2. The minimum atomic E-state index is -0.785. The van der Waals surface area contributed by atoms with E-state index in [1.54, 1.807) is 6.07 Å². The van der Waals surface area contributed by atoms with Gasteiger partial charge in [0.25, 0.3) is 5.91 Å². The SMILES string of the molecule is O=C(NC(=O)c1c(Cl)cccc1Cl)Nc1nccnc1-c1cccc(-c2ccccc2)c1. The smallest absolute Gasteiger partial charge is 0.290 e. The fourth-order valence-electron chi connectivity index (χ4n) is 3.14. The first-order valence-electron chi connectivity index (χ1n) is 9.56. The second-order valence-electron chi connectivity index (χ2n) is 6.71. The van der Waals surface area contributed by atoms with E-state index >= 15 is 0 Å². The van der Waals surface area contributed by atoms with Gasteiger partial charge in [-0.25, -0.2) is 9.78 Å². The van der Waals surface area contributed by atoms with Gasteiger partial charge in [-0.15, -0.1) is 0 Å². The second kappa shape index (κ2) is 9.60. The molecule has 3 amide bonds. The standard InChI is InChI=1S/C24H16Cl2N4O2/c25-18-10-5-11-19(26)20(18)23(31)30-24(32)29-22-21(27-12-13-28-22)17-9-4-8-16(14-17)15-6-2-1-3-7-15/h1-14H,(H2,28,29,30,31,32). The van der Waals surface area contributed by atoms with Crippen LogP contribution in [-0.2, 0) is 0 Å². The van der Waals surface area contributed by atoms with Gasteiger partial charge in [0.15, 0.2) is 5.82 Å². The number of nitrogens with zero attached hydrogens (tertiary/aromatic N) is 2. The van der Waals surface area contributed by atoms with Crippen LogP contribution in [0.2, 0.25) is 10.0 Å². The predicted molar refractivity (Wildman–Crippen MR) is 126 cm³/mol. The van der Waals surface area contributed by atoms with E-state index in [-0.39, 0.29) is 21.4 Å². The van der Waals surface area contributed by atoms with Crippen molar-refractivity contribution in [3.8, 4) is 22.4 Å². The van der Waals surface area contributed by atoms with Crippen LogP contribution in [-0.4, -0.2) is 21.9 Å². The normalized spacial score (nSPS) is 10.4. The zero-order valence-corrected chi connectivity index (χ0v) is 18.1. The van der Waals surface area contributed by atoms with Gasteiger partial charge in [0.1, 0.15) is 5.69 Å². The number of anilines is 1. The molecule has 0 saturated carbocycles. The van der Waals surface area contributed by atoms with Gasteiger partial charge < -0.3 is 0 Å². The summed E-state index contributed by atoms with van der Waals surface area (Å²) in [5, 5.41) is 5.07. The quantitative estimate of drug-likeness (QED) is 0.384. The Morgan fingerprint density at radius 1 is 0.719 bits per heavy atom. The van der Waals surface area contributed by atoms with Crippen LogP contribution in [0.25, 0.3) is 22.4 Å². The summed E-state index contributed by atoms with van der Waals surface area (Å²) in [5.41, 5.74) is 3.28. The van der Waals surface area contributed by atoms with Crippen molar-refractivity contribution in [2.75, 3.05) is 5.32 Å². The molecule has 8 heteroatoms. The Bertz CT molecular complexity index is 1280. The number of halogens is 2. The number of hydrogen-bond acceptors (Lipinski definition) is 4. The molecule has 4 aromatic rings. The molecule has 1 aromatic heterocycles. The van der Waals surface area contributed by atoms with Gasteiger partial charge in [-0.3, -0.25) is 20.4 Å². The number of urea groups is 1. The molecule has 3 aromatic carbocycles. The maximum Gasteiger partial charge on any atom is 0.327 e. The number of imide groups is 1. The molecule has 0 aliphatic rings. The van der Waals surface area contributed by atoms with Crippen molar-refractivity contribution in [2.45, 2.75) is 0 Å². The summed E-state index contributed by atoms with van der Waals surface area (Å²) >= 11 is 12.1. The number of aromatic nitrogens is 2. The van der Waals surface area contributed by atoms with E-state index < -0.39 is 11.9 Å². The first-order valence-corrected chi connectivity index (χ1v) is 10.3. The van der Waals surface area contributed by atoms with E-state index in [1.807, 2.05) is 54.6 Å². The Hall–Kier alpha value is -3.74. The van der Waals surface area contributed by atoms with E-state index in [0.717, 1.165) is 16.7 Å². The summed E-state index contributed by atoms with van der Waals surface area (Å²) in [6.45, 7) is 0. The number of rotatable bonds is 4. The second-order valence-corrected chi connectivity index (χ2v) is 7.52. The molecule has 0 fully saturated rings. The van der Waals surface area contributed by atoms with Crippen LogP contribution in [0.5, 0.6) is 0 Å². The van der Waals surface area contributed by atoms with Crippen molar-refractivity contribution in [1.29, 1.82) is 0 Å². The van der Waals surface area contributed by atoms with Crippen LogP contribution in [0.3, 0.4) is 0 Å². The lowest BCUT2D eigenvalue weighted by molar-refractivity contribution is 0.0967. The minimum Gasteiger partial charge on any atom is -0.290 e. The topological polar surface area (TPSA) is 84.0 Å². The van der Waals surface area contributed by atoms with Gasteiger partial charge in [0.2, 0.25) is 0 Å². The Kier molecular flexibility index (Phi) is 6.44. The summed E-state index contributed by atoms with van der Waals surface area (Å²) in [7, 11) is 0. The number of nitrogens with one attached hydrogen (secondary N) is 2. The van der Waals surface area contributed by atoms with Crippen molar-refractivity contribution in [1.82, 2.24) is 15.3 Å². The van der Waals surface area contributed by atoms with E-state index in [2.05, 4.69) is 20.6 Å². The predicted octanol–water partition coefficient (Wildman–Crippen LogP) is 6.08. The largest absolute Gasteiger partial charge is 0.327 e. The molecule has 0 radical (unpaired) electrons. The highest BCUT2D eigenvalue weighted by Crippen LogP contribution is 2.28. The molecule has 0 unspecified atom stereocenters. The molecular formula is C24H16Cl2N4O2. The first-order chi connectivity index (χ1) is 15.5. The molecule has 0 atom stereocenters. The third-order valence-electron chi connectivity index (χ3n) is 4.59. The van der Waals surface area contributed by atoms with Crippen LogP contribution in [0.4, 0.5) is 10.6 Å². The van der Waals surface area contributed by atoms with Gasteiger partial charge in [0, 0.05) is 18.0 Å². The zero-order chi connectivity index (χ0) is 22.5. The molecule has 0 saturated heterocycles. The van der Waals surface area contributed by atoms with Crippen LogP contribution in [0.15, 0.2) is 85.2 Å². The number of carbonyl (C=O) groups is 2. The van der Waals surface area contributed by atoms with Crippen molar-refractivity contribution >= 4 is 41.0 Å². The Labute approximate surface area is 194 Å². The van der Waals surface area contributed by atoms with Crippen LogP contribution in [0, 0.1) is 0 Å². The number of benzene rings is 3. The lowest BCUT2D eigenvalue weighted by Crippen LogP contribution is -2.35. The molecule has 0 bridgehead atoms. The molecule has 1 heterocycles. The molecule has 0 aliphatic carbocycles. The molecular weight excluding hydrogens is 447 g/mol. The third kappa shape index (κ3) is 4.77. The summed E-state index contributed by atoms with van der Waals surface area (Å²) in [4.78, 5) is 33.5. The molecule has 6 nitrogen and oxygen atoms in total. The molecule has 0 aliphatic heterocycles. The average Bonchev–Trinajstić information content (AvgIpc) is 2.80. The Balaban J connectivity index is 1.57. The van der Waals surface area contributed by atoms with Crippen molar-refractivity contribution < 1.29 is 9.59 Å². The van der Waals surface area contributed by atoms with E-state index in [0.29, 0.717) is 5.69 Å². The zero-order valence-electron chi connectivity index (χ0n) is 16.5. The molecule has 32 heavy (non-hydrogen) atoms. The Morgan fingerprint density at radius 3 is 2.09 bits per heavy atom. The maximum atomic E-state index is 12.5.